The highest BCUT2D eigenvalue weighted by Crippen LogP contribution is 2.49. The lowest BCUT2D eigenvalue weighted by Gasteiger charge is -2.21. The van der Waals surface area contributed by atoms with E-state index in [9.17, 15) is 13.2 Å². The molecule has 3 rings (SSSR count). The van der Waals surface area contributed by atoms with E-state index >= 15 is 0 Å². The fourth-order valence-corrected chi connectivity index (χ4v) is 3.16. The zero-order valence-electron chi connectivity index (χ0n) is 12.3. The monoisotopic (exact) mass is 297 g/mol. The summed E-state index contributed by atoms with van der Waals surface area (Å²) in [5.41, 5.74) is 0.348. The Bertz CT molecular complexity index is 460. The van der Waals surface area contributed by atoms with E-state index in [2.05, 4.69) is 5.32 Å². The Labute approximate surface area is 123 Å². The third kappa shape index (κ3) is 3.79. The minimum Gasteiger partial charge on any atom is -0.310 e. The molecule has 0 aromatic heterocycles. The molecule has 1 nitrogen and oxygen atoms in total. The Morgan fingerprint density at radius 1 is 1.05 bits per heavy atom. The van der Waals surface area contributed by atoms with E-state index in [1.807, 2.05) is 6.92 Å². The number of rotatable bonds is 6. The molecule has 116 valence electrons. The number of nitrogens with one attached hydrogen (secondary N) is 1. The Morgan fingerprint density at radius 2 is 1.57 bits per heavy atom. The van der Waals surface area contributed by atoms with Gasteiger partial charge in [0.25, 0.3) is 0 Å². The molecular formula is C17H22F3N. The van der Waals surface area contributed by atoms with Gasteiger partial charge < -0.3 is 5.32 Å². The number of alkyl halides is 3. The Kier molecular flexibility index (Phi) is 4.00. The van der Waals surface area contributed by atoms with Gasteiger partial charge in [-0.05, 0) is 74.6 Å². The molecule has 0 heterocycles. The van der Waals surface area contributed by atoms with Gasteiger partial charge in [-0.3, -0.25) is 0 Å². The molecule has 1 atom stereocenters. The van der Waals surface area contributed by atoms with Crippen LogP contribution in [0, 0.1) is 17.8 Å². The van der Waals surface area contributed by atoms with E-state index in [-0.39, 0.29) is 6.04 Å². The van der Waals surface area contributed by atoms with Crippen molar-refractivity contribution in [2.75, 3.05) is 6.54 Å². The van der Waals surface area contributed by atoms with Crippen LogP contribution in [0.2, 0.25) is 0 Å². The molecule has 0 radical (unpaired) electrons. The summed E-state index contributed by atoms with van der Waals surface area (Å²) >= 11 is 0. The van der Waals surface area contributed by atoms with Gasteiger partial charge in [0.05, 0.1) is 5.56 Å². The maximum absolute atomic E-state index is 12.6. The second kappa shape index (κ2) is 5.64. The third-order valence-corrected chi connectivity index (χ3v) is 4.85. The van der Waals surface area contributed by atoms with Crippen molar-refractivity contribution in [3.8, 4) is 0 Å². The molecule has 21 heavy (non-hydrogen) atoms. The van der Waals surface area contributed by atoms with Crippen molar-refractivity contribution in [3.05, 3.63) is 35.4 Å². The normalized spacial score (nSPS) is 20.8. The van der Waals surface area contributed by atoms with Gasteiger partial charge in [-0.15, -0.1) is 0 Å². The van der Waals surface area contributed by atoms with E-state index in [4.69, 9.17) is 0 Å². The summed E-state index contributed by atoms with van der Waals surface area (Å²) in [5, 5.41) is 3.52. The van der Waals surface area contributed by atoms with Gasteiger partial charge >= 0.3 is 6.18 Å². The average molecular weight is 297 g/mol. The highest BCUT2D eigenvalue weighted by Gasteiger charge is 2.41. The topological polar surface area (TPSA) is 12.0 Å². The summed E-state index contributed by atoms with van der Waals surface area (Å²) in [4.78, 5) is 0. The minimum atomic E-state index is -4.25. The molecule has 2 aliphatic rings. The second-order valence-electron chi connectivity index (χ2n) is 6.59. The summed E-state index contributed by atoms with van der Waals surface area (Å²) < 4.78 is 37.7. The largest absolute Gasteiger partial charge is 0.416 e. The molecule has 0 aliphatic heterocycles. The summed E-state index contributed by atoms with van der Waals surface area (Å²) in [6.45, 7) is 3.02. The predicted octanol–water partition coefficient (Wildman–Crippen LogP) is 4.79. The summed E-state index contributed by atoms with van der Waals surface area (Å²) in [6, 6.07) is 5.62. The molecule has 0 spiro atoms. The van der Waals surface area contributed by atoms with Crippen LogP contribution >= 0.6 is 0 Å². The zero-order chi connectivity index (χ0) is 15.0. The molecule has 4 heteroatoms. The fourth-order valence-electron chi connectivity index (χ4n) is 3.16. The molecule has 0 saturated heterocycles. The van der Waals surface area contributed by atoms with Crippen molar-refractivity contribution in [1.29, 1.82) is 0 Å². The number of halogens is 3. The number of benzene rings is 1. The van der Waals surface area contributed by atoms with Crippen molar-refractivity contribution >= 4 is 0 Å². The van der Waals surface area contributed by atoms with E-state index in [1.54, 1.807) is 12.1 Å². The van der Waals surface area contributed by atoms with Gasteiger partial charge in [-0.25, -0.2) is 0 Å². The van der Waals surface area contributed by atoms with E-state index in [0.29, 0.717) is 0 Å². The van der Waals surface area contributed by atoms with Gasteiger partial charge in [-0.1, -0.05) is 12.1 Å². The fraction of sp³-hybridized carbons (Fsp3) is 0.647. The van der Waals surface area contributed by atoms with Gasteiger partial charge in [0.2, 0.25) is 0 Å². The lowest BCUT2D eigenvalue weighted by atomic mass is 9.97. The SMILES string of the molecule is CC(NCC(C1CC1)C1CC1)c1ccc(C(F)(F)F)cc1. The lowest BCUT2D eigenvalue weighted by molar-refractivity contribution is -0.137. The van der Waals surface area contributed by atoms with Gasteiger partial charge in [0.1, 0.15) is 0 Å². The molecular weight excluding hydrogens is 275 g/mol. The number of hydrogen-bond acceptors (Lipinski definition) is 1. The van der Waals surface area contributed by atoms with Crippen molar-refractivity contribution in [2.45, 2.75) is 44.8 Å². The maximum Gasteiger partial charge on any atom is 0.416 e. The Hall–Kier alpha value is -1.03. The van der Waals surface area contributed by atoms with E-state index in [0.717, 1.165) is 29.9 Å². The molecule has 1 unspecified atom stereocenters. The molecule has 1 N–H and O–H groups in total. The van der Waals surface area contributed by atoms with Crippen LogP contribution in [-0.2, 0) is 6.18 Å². The van der Waals surface area contributed by atoms with Gasteiger partial charge in [-0.2, -0.15) is 13.2 Å². The zero-order valence-corrected chi connectivity index (χ0v) is 12.3. The first kappa shape index (κ1) is 14.9. The lowest BCUT2D eigenvalue weighted by Crippen LogP contribution is -2.28. The average Bonchev–Trinajstić information content (AvgIpc) is 3.31. The van der Waals surface area contributed by atoms with Crippen LogP contribution < -0.4 is 5.32 Å². The van der Waals surface area contributed by atoms with Crippen LogP contribution in [0.1, 0.15) is 49.8 Å². The molecule has 1 aromatic carbocycles. The van der Waals surface area contributed by atoms with Crippen molar-refractivity contribution in [1.82, 2.24) is 5.32 Å². The van der Waals surface area contributed by atoms with Crippen LogP contribution in [-0.4, -0.2) is 6.54 Å². The standard InChI is InChI=1S/C17H22F3N/c1-11(12-6-8-15(9-7-12)17(18,19)20)21-10-16(13-2-3-13)14-4-5-14/h6-9,11,13-14,16,21H,2-5,10H2,1H3. The first-order valence-corrected chi connectivity index (χ1v) is 7.85. The molecule has 2 fully saturated rings. The van der Waals surface area contributed by atoms with Crippen LogP contribution in [0.3, 0.4) is 0 Å². The van der Waals surface area contributed by atoms with Crippen LogP contribution in [0.5, 0.6) is 0 Å². The van der Waals surface area contributed by atoms with E-state index in [1.165, 1.54) is 37.8 Å². The van der Waals surface area contributed by atoms with Crippen molar-refractivity contribution in [2.24, 2.45) is 17.8 Å². The van der Waals surface area contributed by atoms with Gasteiger partial charge in [0, 0.05) is 6.04 Å². The highest BCUT2D eigenvalue weighted by molar-refractivity contribution is 5.26. The predicted molar refractivity (Wildman–Crippen MR) is 76.8 cm³/mol. The van der Waals surface area contributed by atoms with Gasteiger partial charge in [0.15, 0.2) is 0 Å². The van der Waals surface area contributed by atoms with Crippen molar-refractivity contribution in [3.63, 3.8) is 0 Å². The van der Waals surface area contributed by atoms with Crippen molar-refractivity contribution < 1.29 is 13.2 Å². The first-order valence-electron chi connectivity index (χ1n) is 7.85. The number of hydrogen-bond donors (Lipinski definition) is 1. The third-order valence-electron chi connectivity index (χ3n) is 4.85. The van der Waals surface area contributed by atoms with Crippen LogP contribution in [0.25, 0.3) is 0 Å². The second-order valence-corrected chi connectivity index (χ2v) is 6.59. The maximum atomic E-state index is 12.6. The Morgan fingerprint density at radius 3 is 2.00 bits per heavy atom. The summed E-state index contributed by atoms with van der Waals surface area (Å²) in [6.07, 6.45) is 1.18. The molecule has 1 aromatic rings. The molecule has 2 aliphatic carbocycles. The molecule has 0 bridgehead atoms. The molecule has 2 saturated carbocycles. The van der Waals surface area contributed by atoms with Crippen LogP contribution in [0.15, 0.2) is 24.3 Å². The summed E-state index contributed by atoms with van der Waals surface area (Å²) in [5.74, 6) is 2.57. The quantitative estimate of drug-likeness (QED) is 0.796. The van der Waals surface area contributed by atoms with Crippen LogP contribution in [0.4, 0.5) is 13.2 Å². The minimum absolute atomic E-state index is 0.104. The first-order chi connectivity index (χ1) is 9.95. The molecule has 0 amide bonds. The highest BCUT2D eigenvalue weighted by atomic mass is 19.4. The summed E-state index contributed by atoms with van der Waals surface area (Å²) in [7, 11) is 0. The smallest absolute Gasteiger partial charge is 0.310 e. The van der Waals surface area contributed by atoms with E-state index < -0.39 is 11.7 Å². The Balaban J connectivity index is 1.56.